The zero-order valence-electron chi connectivity index (χ0n) is 5.19. The molecule has 0 heterocycles. The molecule has 0 fully saturated rings. The van der Waals surface area contributed by atoms with Gasteiger partial charge in [-0.05, 0) is 6.90 Å². The van der Waals surface area contributed by atoms with Crippen LogP contribution >= 0.6 is 0 Å². The first kappa shape index (κ1) is 1.96. The minimum atomic E-state index is -0.711. The topological polar surface area (TPSA) is 17.1 Å². The predicted molar refractivity (Wildman–Crippen MR) is 21.0 cm³/mol. The molecule has 0 aromatic carbocycles. The van der Waals surface area contributed by atoms with E-state index >= 15 is 0 Å². The van der Waals surface area contributed by atoms with Crippen molar-refractivity contribution in [2.24, 2.45) is 0 Å². The summed E-state index contributed by atoms with van der Waals surface area (Å²) in [6.45, 7) is 1.21. The van der Waals surface area contributed by atoms with Crippen molar-refractivity contribution in [1.29, 1.82) is 0 Å². The Kier molecular flexibility index (Phi) is 0.760. The molecule has 0 rings (SSSR count). The molecule has 1 nitrogen and oxygen atoms in total. The molecule has 0 aliphatic heterocycles. The molecule has 30 valence electrons. The van der Waals surface area contributed by atoms with Gasteiger partial charge < -0.3 is 4.79 Å². The molecule has 0 amide bonds. The lowest BCUT2D eigenvalue weighted by Gasteiger charge is -1.71. The molecule has 0 aromatic rings. The maximum absolute atomic E-state index is 10.1. The van der Waals surface area contributed by atoms with Crippen LogP contribution in [0.5, 0.6) is 0 Å². The van der Waals surface area contributed by atoms with Crippen molar-refractivity contribution in [2.75, 3.05) is 0 Å². The Morgan fingerprint density at radius 2 is 3.00 bits per heavy atom. The number of hydrogen-bond donors (Lipinski definition) is 0. The molecular formula is C4H8O. The smallest absolute Gasteiger partial charge is 0.129 e. The van der Waals surface area contributed by atoms with Gasteiger partial charge in [0.25, 0.3) is 0 Å². The SMILES string of the molecule is [2H]CC(=O)C([2H])C. The largest absolute Gasteiger partial charge is 0.300 e. The average Bonchev–Trinajstić information content (AvgIpc) is 1.65. The second-order valence-corrected chi connectivity index (χ2v) is 0.755. The summed E-state index contributed by atoms with van der Waals surface area (Å²) < 4.78 is 13.2. The van der Waals surface area contributed by atoms with Gasteiger partial charge in [-0.25, -0.2) is 0 Å². The highest BCUT2D eigenvalue weighted by molar-refractivity contribution is 5.74. The third kappa shape index (κ3) is 3.67. The standard InChI is InChI=1S/C4H8O/c1-3-4(2)5/h3H2,1-2H3/i2D,3D. The molecule has 0 aliphatic carbocycles. The first-order valence-electron chi connectivity index (χ1n) is 2.71. The number of carbonyl (C=O) groups excluding carboxylic acids is 1. The Morgan fingerprint density at radius 3 is 3.00 bits per heavy atom. The van der Waals surface area contributed by atoms with Crippen molar-refractivity contribution < 1.29 is 7.54 Å². The Bertz CT molecular complexity index is 70.1. The predicted octanol–water partition coefficient (Wildman–Crippen LogP) is 0.985. The molecule has 0 radical (unpaired) electrons. The summed E-state index contributed by atoms with van der Waals surface area (Å²) in [6.07, 6.45) is -0.711. The Morgan fingerprint density at radius 1 is 2.40 bits per heavy atom. The Balaban J connectivity index is 3.35. The summed E-state index contributed by atoms with van der Waals surface area (Å²) in [5, 5.41) is 0. The van der Waals surface area contributed by atoms with Crippen LogP contribution in [0.3, 0.4) is 0 Å². The van der Waals surface area contributed by atoms with E-state index < -0.39 is 6.40 Å². The zero-order chi connectivity index (χ0) is 5.86. The average molecular weight is 74.1 g/mol. The summed E-state index contributed by atoms with van der Waals surface area (Å²) in [6, 6.07) is 0. The maximum Gasteiger partial charge on any atom is 0.129 e. The molecule has 0 saturated carbocycles. The van der Waals surface area contributed by atoms with Crippen LogP contribution in [0, 0.1) is 0 Å². The van der Waals surface area contributed by atoms with Gasteiger partial charge in [0.1, 0.15) is 5.78 Å². The first-order chi connectivity index (χ1) is 3.18. The second-order valence-electron chi connectivity index (χ2n) is 0.755. The van der Waals surface area contributed by atoms with E-state index in [0.717, 1.165) is 0 Å². The summed E-state index contributed by atoms with van der Waals surface area (Å²) >= 11 is 0. The monoisotopic (exact) mass is 74.1 g/mol. The summed E-state index contributed by atoms with van der Waals surface area (Å²) in [4.78, 5) is 10.1. The molecule has 0 N–H and O–H groups in total. The lowest BCUT2D eigenvalue weighted by Crippen LogP contribution is -1.80. The Hall–Kier alpha value is -0.330. The fraction of sp³-hybridized carbons (Fsp3) is 0.750. The molecule has 0 bridgehead atoms. The molecule has 0 aromatic heterocycles. The molecule has 1 unspecified atom stereocenters. The van der Waals surface area contributed by atoms with E-state index in [9.17, 15) is 4.79 Å². The second kappa shape index (κ2) is 1.94. The summed E-state index contributed by atoms with van der Waals surface area (Å²) in [7, 11) is 0. The van der Waals surface area contributed by atoms with Gasteiger partial charge in [-0.15, -0.1) is 0 Å². The number of carbonyl (C=O) groups is 1. The van der Waals surface area contributed by atoms with Crippen molar-refractivity contribution in [3.8, 4) is 0 Å². The highest BCUT2D eigenvalue weighted by Gasteiger charge is 1.76. The van der Waals surface area contributed by atoms with Crippen LogP contribution < -0.4 is 0 Å². The number of Topliss-reactive ketones (excluding diaryl/α,β-unsaturated/α-hetero) is 1. The van der Waals surface area contributed by atoms with Crippen molar-refractivity contribution in [1.82, 2.24) is 0 Å². The molecule has 0 saturated heterocycles. The van der Waals surface area contributed by atoms with Gasteiger partial charge in [0, 0.05) is 9.14 Å². The highest BCUT2D eigenvalue weighted by Crippen LogP contribution is 1.71. The van der Waals surface area contributed by atoms with Crippen molar-refractivity contribution in [2.45, 2.75) is 20.2 Å². The van der Waals surface area contributed by atoms with E-state index in [1.54, 1.807) is 0 Å². The van der Waals surface area contributed by atoms with Crippen LogP contribution in [0.15, 0.2) is 0 Å². The van der Waals surface area contributed by atoms with Gasteiger partial charge >= 0.3 is 0 Å². The van der Waals surface area contributed by atoms with Crippen molar-refractivity contribution >= 4 is 5.78 Å². The van der Waals surface area contributed by atoms with Gasteiger partial charge in [-0.3, -0.25) is 0 Å². The van der Waals surface area contributed by atoms with Gasteiger partial charge in [-0.2, -0.15) is 0 Å². The van der Waals surface area contributed by atoms with Crippen LogP contribution in [0.2, 0.25) is 0 Å². The molecular weight excluding hydrogens is 64.0 g/mol. The molecule has 5 heavy (non-hydrogen) atoms. The number of ketones is 1. The van der Waals surface area contributed by atoms with E-state index in [-0.39, 0.29) is 12.7 Å². The third-order valence-electron chi connectivity index (χ3n) is 0.322. The highest BCUT2D eigenvalue weighted by atomic mass is 16.1. The van der Waals surface area contributed by atoms with Gasteiger partial charge in [0.2, 0.25) is 0 Å². The van der Waals surface area contributed by atoms with Crippen LogP contribution in [0.25, 0.3) is 0 Å². The van der Waals surface area contributed by atoms with Crippen molar-refractivity contribution in [3.05, 3.63) is 0 Å². The van der Waals surface area contributed by atoms with Crippen LogP contribution in [0.1, 0.15) is 23.0 Å². The van der Waals surface area contributed by atoms with Crippen LogP contribution in [-0.4, -0.2) is 5.78 Å². The summed E-state index contributed by atoms with van der Waals surface area (Å²) in [5.74, 6) is -0.319. The number of rotatable bonds is 1. The third-order valence-corrected chi connectivity index (χ3v) is 0.322. The maximum atomic E-state index is 10.1. The molecule has 1 heteroatoms. The van der Waals surface area contributed by atoms with Gasteiger partial charge in [0.15, 0.2) is 0 Å². The van der Waals surface area contributed by atoms with Crippen molar-refractivity contribution in [3.63, 3.8) is 0 Å². The normalized spacial score (nSPS) is 19.4. The summed E-state index contributed by atoms with van der Waals surface area (Å²) in [5.41, 5.74) is 0. The molecule has 0 aliphatic rings. The van der Waals surface area contributed by atoms with E-state index in [0.29, 0.717) is 0 Å². The fourth-order valence-electron chi connectivity index (χ4n) is 0. The molecule has 1 atom stereocenters. The van der Waals surface area contributed by atoms with Gasteiger partial charge in [-0.1, -0.05) is 6.92 Å². The van der Waals surface area contributed by atoms with E-state index in [1.165, 1.54) is 6.92 Å². The van der Waals surface area contributed by atoms with E-state index in [1.807, 2.05) is 0 Å². The minimum Gasteiger partial charge on any atom is -0.300 e. The lowest BCUT2D eigenvalue weighted by atomic mass is 10.4. The van der Waals surface area contributed by atoms with E-state index in [4.69, 9.17) is 2.74 Å². The Labute approximate surface area is 34.8 Å². The minimum absolute atomic E-state index is 0.259. The molecule has 0 spiro atoms. The van der Waals surface area contributed by atoms with E-state index in [2.05, 4.69) is 0 Å². The number of hydrogen-bond acceptors (Lipinski definition) is 1. The van der Waals surface area contributed by atoms with Gasteiger partial charge in [0.05, 0.1) is 0 Å². The quantitative estimate of drug-likeness (QED) is 0.453. The lowest BCUT2D eigenvalue weighted by molar-refractivity contribution is -0.116. The van der Waals surface area contributed by atoms with Crippen LogP contribution in [-0.2, 0) is 4.79 Å². The fourth-order valence-corrected chi connectivity index (χ4v) is 0. The zero-order valence-corrected chi connectivity index (χ0v) is 3.19. The van der Waals surface area contributed by atoms with Crippen LogP contribution in [0.4, 0.5) is 0 Å². The first-order valence-corrected chi connectivity index (χ1v) is 1.42.